The first kappa shape index (κ1) is 8.94. The van der Waals surface area contributed by atoms with E-state index < -0.39 is 0 Å². The van der Waals surface area contributed by atoms with Crippen LogP contribution in [-0.4, -0.2) is 18.2 Å². The molecule has 1 aromatic rings. The summed E-state index contributed by atoms with van der Waals surface area (Å²) in [7, 11) is 0. The van der Waals surface area contributed by atoms with Gasteiger partial charge in [0.2, 0.25) is 0 Å². The van der Waals surface area contributed by atoms with Crippen LogP contribution in [0.4, 0.5) is 0 Å². The van der Waals surface area contributed by atoms with Crippen molar-refractivity contribution in [1.29, 1.82) is 0 Å². The summed E-state index contributed by atoms with van der Waals surface area (Å²) < 4.78 is 10.7. The summed E-state index contributed by atoms with van der Waals surface area (Å²) in [5.74, 6) is 0.388. The summed E-state index contributed by atoms with van der Waals surface area (Å²) >= 11 is 5.74. The van der Waals surface area contributed by atoms with Gasteiger partial charge in [0.05, 0.1) is 24.8 Å². The van der Waals surface area contributed by atoms with Gasteiger partial charge in [-0.2, -0.15) is 0 Å². The molecule has 1 aliphatic heterocycles. The molecule has 2 heterocycles. The molecule has 0 saturated carbocycles. The summed E-state index contributed by atoms with van der Waals surface area (Å²) in [6.07, 6.45) is 1.44. The highest BCUT2D eigenvalue weighted by Crippen LogP contribution is 2.25. The molecule has 3 nitrogen and oxygen atoms in total. The fourth-order valence-corrected chi connectivity index (χ4v) is 1.54. The maximum atomic E-state index is 5.74. The molecule has 1 aliphatic rings. The lowest BCUT2D eigenvalue weighted by atomic mass is 10.2. The molecule has 0 unspecified atom stereocenters. The molecule has 1 aromatic heterocycles. The van der Waals surface area contributed by atoms with Crippen LogP contribution in [-0.2, 0) is 15.4 Å². The van der Waals surface area contributed by atoms with Gasteiger partial charge < -0.3 is 9.47 Å². The maximum absolute atomic E-state index is 5.74. The smallest absolute Gasteiger partial charge is 0.185 e. The predicted molar refractivity (Wildman–Crippen MR) is 48.4 cm³/mol. The highest BCUT2D eigenvalue weighted by molar-refractivity contribution is 6.17. The van der Waals surface area contributed by atoms with E-state index in [-0.39, 0.29) is 6.29 Å². The number of aromatic nitrogens is 1. The number of ether oxygens (including phenoxy) is 2. The van der Waals surface area contributed by atoms with Crippen molar-refractivity contribution < 1.29 is 9.47 Å². The van der Waals surface area contributed by atoms with Crippen LogP contribution in [0.5, 0.6) is 0 Å². The zero-order valence-electron chi connectivity index (χ0n) is 7.07. The third-order valence-corrected chi connectivity index (χ3v) is 2.18. The third-order valence-electron chi connectivity index (χ3n) is 1.93. The molecule has 0 spiro atoms. The number of rotatable bonds is 2. The Morgan fingerprint density at radius 3 is 2.92 bits per heavy atom. The Balaban J connectivity index is 2.26. The first-order valence-electron chi connectivity index (χ1n) is 4.15. The van der Waals surface area contributed by atoms with Crippen molar-refractivity contribution in [2.45, 2.75) is 12.2 Å². The van der Waals surface area contributed by atoms with Gasteiger partial charge in [-0.3, -0.25) is 4.98 Å². The molecule has 4 heteroatoms. The summed E-state index contributed by atoms with van der Waals surface area (Å²) in [6, 6.07) is 3.79. The average Bonchev–Trinajstić information content (AvgIpc) is 2.70. The van der Waals surface area contributed by atoms with Gasteiger partial charge >= 0.3 is 0 Å². The van der Waals surface area contributed by atoms with E-state index in [0.717, 1.165) is 11.3 Å². The molecule has 0 atom stereocenters. The van der Waals surface area contributed by atoms with Crippen LogP contribution in [0.1, 0.15) is 17.5 Å². The van der Waals surface area contributed by atoms with Crippen LogP contribution >= 0.6 is 11.6 Å². The van der Waals surface area contributed by atoms with E-state index in [4.69, 9.17) is 21.1 Å². The zero-order chi connectivity index (χ0) is 9.10. The van der Waals surface area contributed by atoms with Crippen LogP contribution in [0, 0.1) is 0 Å². The molecule has 0 bridgehead atoms. The van der Waals surface area contributed by atoms with Crippen LogP contribution in [0.25, 0.3) is 0 Å². The molecule has 0 amide bonds. The van der Waals surface area contributed by atoms with Crippen LogP contribution in [0.2, 0.25) is 0 Å². The van der Waals surface area contributed by atoms with Crippen LogP contribution < -0.4 is 0 Å². The quantitative estimate of drug-likeness (QED) is 0.682. The highest BCUT2D eigenvalue weighted by atomic mass is 35.5. The lowest BCUT2D eigenvalue weighted by molar-refractivity contribution is -0.0448. The van der Waals surface area contributed by atoms with Gasteiger partial charge in [-0.15, -0.1) is 11.6 Å². The van der Waals surface area contributed by atoms with Crippen molar-refractivity contribution in [3.8, 4) is 0 Å². The predicted octanol–water partition coefficient (Wildman–Crippen LogP) is 1.87. The molecule has 1 fully saturated rings. The molecule has 0 aliphatic carbocycles. The van der Waals surface area contributed by atoms with Gasteiger partial charge in [0, 0.05) is 11.8 Å². The van der Waals surface area contributed by atoms with Gasteiger partial charge in [0.15, 0.2) is 6.29 Å². The van der Waals surface area contributed by atoms with Crippen molar-refractivity contribution in [3.05, 3.63) is 29.6 Å². The maximum Gasteiger partial charge on any atom is 0.185 e. The Labute approximate surface area is 81.6 Å². The first-order valence-corrected chi connectivity index (χ1v) is 4.68. The highest BCUT2D eigenvalue weighted by Gasteiger charge is 2.20. The van der Waals surface area contributed by atoms with Gasteiger partial charge in [-0.25, -0.2) is 0 Å². The summed E-state index contributed by atoms with van der Waals surface area (Å²) in [5, 5.41) is 0. The van der Waals surface area contributed by atoms with Gasteiger partial charge in [-0.1, -0.05) is 6.07 Å². The summed E-state index contributed by atoms with van der Waals surface area (Å²) in [6.45, 7) is 1.28. The van der Waals surface area contributed by atoms with Crippen molar-refractivity contribution >= 4 is 11.6 Å². The fourth-order valence-electron chi connectivity index (χ4n) is 1.31. The van der Waals surface area contributed by atoms with Crippen LogP contribution in [0.15, 0.2) is 18.3 Å². The Kier molecular flexibility index (Phi) is 2.78. The van der Waals surface area contributed by atoms with E-state index in [1.807, 2.05) is 12.1 Å². The second kappa shape index (κ2) is 4.05. The topological polar surface area (TPSA) is 31.4 Å². The minimum absolute atomic E-state index is 0.276. The zero-order valence-corrected chi connectivity index (χ0v) is 7.83. The van der Waals surface area contributed by atoms with E-state index in [2.05, 4.69) is 4.98 Å². The molecule has 0 aromatic carbocycles. The first-order chi connectivity index (χ1) is 6.42. The fraction of sp³-hybridized carbons (Fsp3) is 0.444. The second-order valence-electron chi connectivity index (χ2n) is 2.75. The van der Waals surface area contributed by atoms with Crippen molar-refractivity contribution in [2.75, 3.05) is 13.2 Å². The average molecular weight is 200 g/mol. The molecule has 13 heavy (non-hydrogen) atoms. The van der Waals surface area contributed by atoms with Gasteiger partial charge in [-0.05, 0) is 6.07 Å². The van der Waals surface area contributed by atoms with Crippen molar-refractivity contribution in [1.82, 2.24) is 4.98 Å². The number of nitrogens with zero attached hydrogens (tertiary/aromatic N) is 1. The lowest BCUT2D eigenvalue weighted by Gasteiger charge is -2.11. The molecular weight excluding hydrogens is 190 g/mol. The normalized spacial score (nSPS) is 17.9. The Morgan fingerprint density at radius 2 is 2.23 bits per heavy atom. The van der Waals surface area contributed by atoms with E-state index in [1.165, 1.54) is 0 Å². The molecule has 70 valence electrons. The number of halogens is 1. The second-order valence-corrected chi connectivity index (χ2v) is 3.01. The van der Waals surface area contributed by atoms with Crippen molar-refractivity contribution in [3.63, 3.8) is 0 Å². The molecule has 0 radical (unpaired) electrons. The minimum Gasteiger partial charge on any atom is -0.346 e. The van der Waals surface area contributed by atoms with Gasteiger partial charge in [0.1, 0.15) is 0 Å². The monoisotopic (exact) mass is 199 g/mol. The minimum atomic E-state index is -0.276. The number of alkyl halides is 1. The van der Waals surface area contributed by atoms with E-state index in [0.29, 0.717) is 19.1 Å². The largest absolute Gasteiger partial charge is 0.346 e. The summed E-state index contributed by atoms with van der Waals surface area (Å²) in [4.78, 5) is 4.15. The SMILES string of the molecule is ClCc1ncccc1C1OCCO1. The summed E-state index contributed by atoms with van der Waals surface area (Å²) in [5.41, 5.74) is 1.77. The lowest BCUT2D eigenvalue weighted by Crippen LogP contribution is -2.03. The van der Waals surface area contributed by atoms with Crippen LogP contribution in [0.3, 0.4) is 0 Å². The molecular formula is C9H10ClNO2. The van der Waals surface area contributed by atoms with Gasteiger partial charge in [0.25, 0.3) is 0 Å². The Hall–Kier alpha value is -0.640. The van der Waals surface area contributed by atoms with E-state index in [1.54, 1.807) is 6.20 Å². The standard InChI is InChI=1S/C9H10ClNO2/c10-6-8-7(2-1-3-11-8)9-12-4-5-13-9/h1-3,9H,4-6H2. The third kappa shape index (κ3) is 1.82. The number of hydrogen-bond acceptors (Lipinski definition) is 3. The molecule has 0 N–H and O–H groups in total. The number of hydrogen-bond donors (Lipinski definition) is 0. The number of pyridine rings is 1. The Morgan fingerprint density at radius 1 is 1.46 bits per heavy atom. The molecule has 1 saturated heterocycles. The molecule has 2 rings (SSSR count). The Bertz CT molecular complexity index is 287. The van der Waals surface area contributed by atoms with E-state index >= 15 is 0 Å². The van der Waals surface area contributed by atoms with E-state index in [9.17, 15) is 0 Å². The van der Waals surface area contributed by atoms with Crippen molar-refractivity contribution in [2.24, 2.45) is 0 Å².